The first-order valence-corrected chi connectivity index (χ1v) is 4.97. The van der Waals surface area contributed by atoms with Gasteiger partial charge in [0.2, 0.25) is 0 Å². The van der Waals surface area contributed by atoms with E-state index < -0.39 is 0 Å². The van der Waals surface area contributed by atoms with Gasteiger partial charge in [0.05, 0.1) is 14.2 Å². The summed E-state index contributed by atoms with van der Waals surface area (Å²) in [7, 11) is 3.24. The number of hydrogen-bond acceptors (Lipinski definition) is 3. The molecule has 0 atom stereocenters. The average molecular weight is 208 g/mol. The van der Waals surface area contributed by atoms with Crippen LogP contribution in [0.4, 0.5) is 0 Å². The summed E-state index contributed by atoms with van der Waals surface area (Å²) in [6.45, 7) is 0. The fourth-order valence-electron chi connectivity index (χ4n) is 1.53. The zero-order valence-corrected chi connectivity index (χ0v) is 9.16. The number of aryl methyl sites for hydroxylation is 1. The Morgan fingerprint density at radius 1 is 1.27 bits per heavy atom. The van der Waals surface area contributed by atoms with Crippen molar-refractivity contribution in [3.8, 4) is 11.5 Å². The molecule has 1 aromatic carbocycles. The van der Waals surface area contributed by atoms with Crippen molar-refractivity contribution < 1.29 is 14.3 Å². The van der Waals surface area contributed by atoms with E-state index in [2.05, 4.69) is 0 Å². The molecule has 1 aromatic rings. The van der Waals surface area contributed by atoms with Gasteiger partial charge in [-0.05, 0) is 24.5 Å². The smallest absolute Gasteiger partial charge is 0.163 e. The van der Waals surface area contributed by atoms with Gasteiger partial charge in [0.25, 0.3) is 0 Å². The Bertz CT molecular complexity index is 321. The van der Waals surface area contributed by atoms with Crippen LogP contribution in [0.5, 0.6) is 11.5 Å². The Morgan fingerprint density at radius 3 is 2.67 bits per heavy atom. The van der Waals surface area contributed by atoms with E-state index in [0.717, 1.165) is 36.2 Å². The molecule has 3 nitrogen and oxygen atoms in total. The van der Waals surface area contributed by atoms with Gasteiger partial charge in [0.15, 0.2) is 11.5 Å². The fraction of sp³-hybridized carbons (Fsp3) is 0.417. The quantitative estimate of drug-likeness (QED) is 0.531. The van der Waals surface area contributed by atoms with E-state index in [1.54, 1.807) is 14.2 Å². The van der Waals surface area contributed by atoms with Gasteiger partial charge in [-0.25, -0.2) is 0 Å². The van der Waals surface area contributed by atoms with Crippen molar-refractivity contribution in [1.29, 1.82) is 0 Å². The molecule has 0 heterocycles. The highest BCUT2D eigenvalue weighted by Crippen LogP contribution is 2.31. The lowest BCUT2D eigenvalue weighted by Crippen LogP contribution is -1.96. The number of unbranched alkanes of at least 4 members (excludes halogenated alkanes) is 1. The molecule has 0 aromatic heterocycles. The van der Waals surface area contributed by atoms with Crippen LogP contribution in [-0.4, -0.2) is 20.5 Å². The van der Waals surface area contributed by atoms with Crippen LogP contribution in [0.1, 0.15) is 18.4 Å². The molecule has 0 saturated heterocycles. The van der Waals surface area contributed by atoms with E-state index in [-0.39, 0.29) is 0 Å². The zero-order valence-electron chi connectivity index (χ0n) is 9.16. The topological polar surface area (TPSA) is 35.5 Å². The van der Waals surface area contributed by atoms with Crippen LogP contribution in [0, 0.1) is 0 Å². The summed E-state index contributed by atoms with van der Waals surface area (Å²) in [5.41, 5.74) is 1.08. The molecular formula is C12H16O3. The van der Waals surface area contributed by atoms with Gasteiger partial charge in [0, 0.05) is 6.42 Å². The highest BCUT2D eigenvalue weighted by atomic mass is 16.5. The molecule has 0 aliphatic carbocycles. The third-order valence-electron chi connectivity index (χ3n) is 2.25. The largest absolute Gasteiger partial charge is 0.493 e. The lowest BCUT2D eigenvalue weighted by molar-refractivity contribution is -0.107. The monoisotopic (exact) mass is 208 g/mol. The van der Waals surface area contributed by atoms with Crippen molar-refractivity contribution in [3.63, 3.8) is 0 Å². The Hall–Kier alpha value is -1.51. The maximum Gasteiger partial charge on any atom is 0.163 e. The molecule has 0 aliphatic rings. The summed E-state index contributed by atoms with van der Waals surface area (Å²) in [4.78, 5) is 10.2. The van der Waals surface area contributed by atoms with E-state index in [9.17, 15) is 4.79 Å². The van der Waals surface area contributed by atoms with E-state index in [4.69, 9.17) is 9.47 Å². The lowest BCUT2D eigenvalue weighted by atomic mass is 10.1. The molecule has 0 spiro atoms. The highest BCUT2D eigenvalue weighted by molar-refractivity contribution is 5.50. The Kier molecular flexibility index (Phi) is 4.68. The molecule has 0 saturated carbocycles. The predicted molar refractivity (Wildman–Crippen MR) is 58.5 cm³/mol. The third-order valence-corrected chi connectivity index (χ3v) is 2.25. The Morgan fingerprint density at radius 2 is 2.07 bits per heavy atom. The fourth-order valence-corrected chi connectivity index (χ4v) is 1.53. The standard InChI is InChI=1S/C12H16O3/c1-14-11-8-5-7-10(12(11)15-2)6-3-4-9-13/h5,7-9H,3-4,6H2,1-2H3. The van der Waals surface area contributed by atoms with Crippen LogP contribution < -0.4 is 9.47 Å². The maximum absolute atomic E-state index is 10.2. The van der Waals surface area contributed by atoms with Crippen molar-refractivity contribution in [2.45, 2.75) is 19.3 Å². The highest BCUT2D eigenvalue weighted by Gasteiger charge is 2.08. The summed E-state index contributed by atoms with van der Waals surface area (Å²) < 4.78 is 10.5. The number of para-hydroxylation sites is 1. The summed E-state index contributed by atoms with van der Waals surface area (Å²) in [6, 6.07) is 5.78. The number of carbonyl (C=O) groups excluding carboxylic acids is 1. The predicted octanol–water partition coefficient (Wildman–Crippen LogP) is 2.23. The van der Waals surface area contributed by atoms with Gasteiger partial charge in [0.1, 0.15) is 6.29 Å². The van der Waals surface area contributed by atoms with E-state index in [1.165, 1.54) is 0 Å². The molecule has 0 aliphatic heterocycles. The first-order valence-electron chi connectivity index (χ1n) is 4.97. The second-order valence-corrected chi connectivity index (χ2v) is 3.21. The summed E-state index contributed by atoms with van der Waals surface area (Å²) in [5, 5.41) is 0. The summed E-state index contributed by atoms with van der Waals surface area (Å²) in [5.74, 6) is 1.51. The van der Waals surface area contributed by atoms with Gasteiger partial charge in [-0.1, -0.05) is 12.1 Å². The van der Waals surface area contributed by atoms with Crippen molar-refractivity contribution in [2.75, 3.05) is 14.2 Å². The minimum atomic E-state index is 0.584. The normalized spacial score (nSPS) is 9.73. The summed E-state index contributed by atoms with van der Waals surface area (Å²) >= 11 is 0. The number of ether oxygens (including phenoxy) is 2. The molecule has 3 heteroatoms. The van der Waals surface area contributed by atoms with Crippen molar-refractivity contribution >= 4 is 6.29 Å². The van der Waals surface area contributed by atoms with Gasteiger partial charge < -0.3 is 14.3 Å². The van der Waals surface area contributed by atoms with Gasteiger partial charge >= 0.3 is 0 Å². The number of methoxy groups -OCH3 is 2. The molecule has 0 radical (unpaired) electrons. The SMILES string of the molecule is COc1cccc(CCCC=O)c1OC. The molecule has 0 bridgehead atoms. The van der Waals surface area contributed by atoms with Crippen LogP contribution >= 0.6 is 0 Å². The van der Waals surface area contributed by atoms with Crippen LogP contribution in [0.3, 0.4) is 0 Å². The maximum atomic E-state index is 10.2. The van der Waals surface area contributed by atoms with Crippen molar-refractivity contribution in [3.05, 3.63) is 23.8 Å². The van der Waals surface area contributed by atoms with Crippen LogP contribution in [0.15, 0.2) is 18.2 Å². The van der Waals surface area contributed by atoms with Gasteiger partial charge in [-0.3, -0.25) is 0 Å². The van der Waals surface area contributed by atoms with Gasteiger partial charge in [-0.2, -0.15) is 0 Å². The number of aldehydes is 1. The summed E-state index contributed by atoms with van der Waals surface area (Å²) in [6.07, 6.45) is 3.19. The number of hydrogen-bond donors (Lipinski definition) is 0. The molecule has 82 valence electrons. The van der Waals surface area contributed by atoms with E-state index in [1.807, 2.05) is 18.2 Å². The van der Waals surface area contributed by atoms with E-state index >= 15 is 0 Å². The molecule has 0 fully saturated rings. The van der Waals surface area contributed by atoms with Gasteiger partial charge in [-0.15, -0.1) is 0 Å². The van der Waals surface area contributed by atoms with Crippen LogP contribution in [0.2, 0.25) is 0 Å². The molecular weight excluding hydrogens is 192 g/mol. The molecule has 0 N–H and O–H groups in total. The second kappa shape index (κ2) is 6.06. The molecule has 15 heavy (non-hydrogen) atoms. The first kappa shape index (κ1) is 11.6. The minimum absolute atomic E-state index is 0.584. The molecule has 0 amide bonds. The Balaban J connectivity index is 2.81. The average Bonchev–Trinajstić information content (AvgIpc) is 2.29. The second-order valence-electron chi connectivity index (χ2n) is 3.21. The lowest BCUT2D eigenvalue weighted by Gasteiger charge is -2.11. The Labute approximate surface area is 90.0 Å². The first-order chi connectivity index (χ1) is 7.33. The van der Waals surface area contributed by atoms with Crippen LogP contribution in [-0.2, 0) is 11.2 Å². The molecule has 0 unspecified atom stereocenters. The minimum Gasteiger partial charge on any atom is -0.493 e. The third kappa shape index (κ3) is 2.98. The number of benzene rings is 1. The molecule has 1 rings (SSSR count). The zero-order chi connectivity index (χ0) is 11.1. The van der Waals surface area contributed by atoms with Crippen molar-refractivity contribution in [2.24, 2.45) is 0 Å². The number of rotatable bonds is 6. The van der Waals surface area contributed by atoms with Crippen LogP contribution in [0.25, 0.3) is 0 Å². The number of carbonyl (C=O) groups is 1. The van der Waals surface area contributed by atoms with Crippen molar-refractivity contribution in [1.82, 2.24) is 0 Å². The van der Waals surface area contributed by atoms with E-state index in [0.29, 0.717) is 6.42 Å².